The van der Waals surface area contributed by atoms with E-state index >= 15 is 0 Å². The van der Waals surface area contributed by atoms with Crippen molar-refractivity contribution in [2.75, 3.05) is 19.7 Å². The molecule has 2 heterocycles. The van der Waals surface area contributed by atoms with Gasteiger partial charge in [-0.3, -0.25) is 4.98 Å². The number of rotatable bonds is 4. The number of morpholine rings is 1. The molecule has 1 fully saturated rings. The van der Waals surface area contributed by atoms with Gasteiger partial charge in [-0.05, 0) is 30.5 Å². The Labute approximate surface area is 135 Å². The summed E-state index contributed by atoms with van der Waals surface area (Å²) in [5, 5.41) is 0. The molecule has 0 aliphatic carbocycles. The van der Waals surface area contributed by atoms with Crippen molar-refractivity contribution < 1.29 is 14.3 Å². The Morgan fingerprint density at radius 1 is 1.26 bits per heavy atom. The lowest BCUT2D eigenvalue weighted by Gasteiger charge is -2.32. The molecule has 5 nitrogen and oxygen atoms in total. The number of aryl methyl sites for hydroxylation is 1. The molecule has 1 aromatic carbocycles. The highest BCUT2D eigenvalue weighted by atomic mass is 16.6. The Bertz CT molecular complexity index is 619. The highest BCUT2D eigenvalue weighted by Crippen LogP contribution is 2.15. The smallest absolute Gasteiger partial charge is 0.409 e. The van der Waals surface area contributed by atoms with E-state index in [-0.39, 0.29) is 12.2 Å². The van der Waals surface area contributed by atoms with E-state index in [2.05, 4.69) is 17.1 Å². The molecular weight excluding hydrogens is 292 g/mol. The van der Waals surface area contributed by atoms with E-state index in [4.69, 9.17) is 9.47 Å². The molecule has 0 bridgehead atoms. The Balaban J connectivity index is 1.50. The van der Waals surface area contributed by atoms with E-state index in [0.717, 1.165) is 12.8 Å². The van der Waals surface area contributed by atoms with Gasteiger partial charge in [-0.1, -0.05) is 30.3 Å². The van der Waals surface area contributed by atoms with Crippen molar-refractivity contribution in [3.05, 3.63) is 60.4 Å². The summed E-state index contributed by atoms with van der Waals surface area (Å²) in [6.07, 6.45) is 4.71. The summed E-state index contributed by atoms with van der Waals surface area (Å²) in [4.78, 5) is 17.8. The van der Waals surface area contributed by atoms with Crippen LogP contribution in [0.4, 0.5) is 4.79 Å². The first-order valence-corrected chi connectivity index (χ1v) is 7.83. The summed E-state index contributed by atoms with van der Waals surface area (Å²) in [5.41, 5.74) is 1.28. The van der Waals surface area contributed by atoms with Crippen LogP contribution in [0.25, 0.3) is 0 Å². The number of hydrogen-bond acceptors (Lipinski definition) is 4. The van der Waals surface area contributed by atoms with Crippen molar-refractivity contribution in [3.8, 4) is 5.75 Å². The summed E-state index contributed by atoms with van der Waals surface area (Å²) in [5.74, 6) is 0.463. The maximum atomic E-state index is 12.2. The predicted octanol–water partition coefficient (Wildman–Crippen LogP) is 2.91. The lowest BCUT2D eigenvalue weighted by molar-refractivity contribution is -0.0237. The fraction of sp³-hybridized carbons (Fsp3) is 0.333. The molecule has 2 aromatic rings. The molecule has 3 rings (SSSR count). The normalized spacial score (nSPS) is 17.7. The van der Waals surface area contributed by atoms with Gasteiger partial charge in [-0.15, -0.1) is 0 Å². The van der Waals surface area contributed by atoms with Crippen molar-refractivity contribution in [1.82, 2.24) is 9.88 Å². The fourth-order valence-electron chi connectivity index (χ4n) is 2.60. The first-order valence-electron chi connectivity index (χ1n) is 7.83. The monoisotopic (exact) mass is 312 g/mol. The molecule has 0 spiro atoms. The maximum Gasteiger partial charge on any atom is 0.415 e. The van der Waals surface area contributed by atoms with Gasteiger partial charge in [-0.2, -0.15) is 0 Å². The lowest BCUT2D eigenvalue weighted by Crippen LogP contribution is -2.46. The van der Waals surface area contributed by atoms with Gasteiger partial charge in [0.1, 0.15) is 0 Å². The van der Waals surface area contributed by atoms with Gasteiger partial charge in [0.15, 0.2) is 5.75 Å². The fourth-order valence-corrected chi connectivity index (χ4v) is 2.60. The van der Waals surface area contributed by atoms with Crippen LogP contribution in [0.1, 0.15) is 12.0 Å². The van der Waals surface area contributed by atoms with Gasteiger partial charge in [0.05, 0.1) is 25.5 Å². The average molecular weight is 312 g/mol. The van der Waals surface area contributed by atoms with E-state index < -0.39 is 0 Å². The SMILES string of the molecule is O=C(Oc1cccnc1)N1CCOC(CCc2ccccc2)C1. The summed E-state index contributed by atoms with van der Waals surface area (Å²) in [6.45, 7) is 1.66. The molecule has 1 unspecified atom stereocenters. The Kier molecular flexibility index (Phi) is 5.21. The second-order valence-electron chi connectivity index (χ2n) is 5.52. The second-order valence-corrected chi connectivity index (χ2v) is 5.52. The van der Waals surface area contributed by atoms with Gasteiger partial charge < -0.3 is 14.4 Å². The van der Waals surface area contributed by atoms with Crippen LogP contribution in [0, 0.1) is 0 Å². The zero-order chi connectivity index (χ0) is 15.9. The van der Waals surface area contributed by atoms with E-state index in [9.17, 15) is 4.79 Å². The van der Waals surface area contributed by atoms with E-state index in [1.807, 2.05) is 18.2 Å². The average Bonchev–Trinajstić information content (AvgIpc) is 2.62. The van der Waals surface area contributed by atoms with Crippen molar-refractivity contribution in [2.45, 2.75) is 18.9 Å². The molecule has 0 saturated carbocycles. The topological polar surface area (TPSA) is 51.7 Å². The second kappa shape index (κ2) is 7.74. The molecule has 1 atom stereocenters. The first-order chi connectivity index (χ1) is 11.3. The Hall–Kier alpha value is -2.40. The van der Waals surface area contributed by atoms with Crippen molar-refractivity contribution in [3.63, 3.8) is 0 Å². The molecule has 23 heavy (non-hydrogen) atoms. The number of carbonyl (C=O) groups is 1. The number of hydrogen-bond donors (Lipinski definition) is 0. The van der Waals surface area contributed by atoms with Crippen LogP contribution in [-0.4, -0.2) is 41.8 Å². The molecule has 1 aliphatic rings. The van der Waals surface area contributed by atoms with Crippen LogP contribution >= 0.6 is 0 Å². The molecule has 1 saturated heterocycles. The van der Waals surface area contributed by atoms with Crippen LogP contribution in [0.3, 0.4) is 0 Å². The van der Waals surface area contributed by atoms with Gasteiger partial charge in [-0.25, -0.2) is 4.79 Å². The summed E-state index contributed by atoms with van der Waals surface area (Å²) in [6, 6.07) is 13.8. The number of amides is 1. The first kappa shape index (κ1) is 15.5. The van der Waals surface area contributed by atoms with Gasteiger partial charge >= 0.3 is 6.09 Å². The van der Waals surface area contributed by atoms with Crippen LogP contribution < -0.4 is 4.74 Å². The molecule has 5 heteroatoms. The lowest BCUT2D eigenvalue weighted by atomic mass is 10.1. The summed E-state index contributed by atoms with van der Waals surface area (Å²) in [7, 11) is 0. The standard InChI is InChI=1S/C18H20N2O3/c21-18(23-16-7-4-10-19-13-16)20-11-12-22-17(14-20)9-8-15-5-2-1-3-6-15/h1-7,10,13,17H,8-9,11-12,14H2. The molecule has 1 aromatic heterocycles. The van der Waals surface area contributed by atoms with Crippen molar-refractivity contribution in [2.24, 2.45) is 0 Å². The van der Waals surface area contributed by atoms with Crippen LogP contribution in [0.5, 0.6) is 5.75 Å². The van der Waals surface area contributed by atoms with Crippen LogP contribution in [0.15, 0.2) is 54.9 Å². The van der Waals surface area contributed by atoms with Crippen molar-refractivity contribution >= 4 is 6.09 Å². The molecule has 1 amide bonds. The molecule has 1 aliphatic heterocycles. The van der Waals surface area contributed by atoms with Gasteiger partial charge in [0.2, 0.25) is 0 Å². The Morgan fingerprint density at radius 2 is 2.13 bits per heavy atom. The third-order valence-corrected chi connectivity index (χ3v) is 3.83. The number of pyridine rings is 1. The zero-order valence-corrected chi connectivity index (χ0v) is 12.9. The number of nitrogens with zero attached hydrogens (tertiary/aromatic N) is 2. The highest BCUT2D eigenvalue weighted by Gasteiger charge is 2.25. The zero-order valence-electron chi connectivity index (χ0n) is 12.9. The minimum atomic E-state index is -0.342. The summed E-state index contributed by atoms with van der Waals surface area (Å²) < 4.78 is 11.1. The number of aromatic nitrogens is 1. The molecule has 120 valence electrons. The number of ether oxygens (including phenoxy) is 2. The van der Waals surface area contributed by atoms with Crippen molar-refractivity contribution in [1.29, 1.82) is 0 Å². The summed E-state index contributed by atoms with van der Waals surface area (Å²) >= 11 is 0. The van der Waals surface area contributed by atoms with E-state index in [1.54, 1.807) is 23.2 Å². The minimum absolute atomic E-state index is 0.0467. The minimum Gasteiger partial charge on any atom is -0.409 e. The van der Waals surface area contributed by atoms with Gasteiger partial charge in [0, 0.05) is 12.7 Å². The maximum absolute atomic E-state index is 12.2. The third-order valence-electron chi connectivity index (χ3n) is 3.83. The molecule has 0 radical (unpaired) electrons. The number of benzene rings is 1. The van der Waals surface area contributed by atoms with Gasteiger partial charge in [0.25, 0.3) is 0 Å². The van der Waals surface area contributed by atoms with E-state index in [1.165, 1.54) is 11.8 Å². The highest BCUT2D eigenvalue weighted by molar-refractivity contribution is 5.70. The third kappa shape index (κ3) is 4.53. The number of carbonyl (C=O) groups excluding carboxylic acids is 1. The van der Waals surface area contributed by atoms with Crippen LogP contribution in [0.2, 0.25) is 0 Å². The molecule has 0 N–H and O–H groups in total. The Morgan fingerprint density at radius 3 is 2.91 bits per heavy atom. The van der Waals surface area contributed by atoms with E-state index in [0.29, 0.717) is 25.4 Å². The predicted molar refractivity (Wildman–Crippen MR) is 86.3 cm³/mol. The molecular formula is C18H20N2O3. The quantitative estimate of drug-likeness (QED) is 0.871. The largest absolute Gasteiger partial charge is 0.415 e. The van der Waals surface area contributed by atoms with Crippen LogP contribution in [-0.2, 0) is 11.2 Å².